The molecule has 1 saturated heterocycles. The number of carbonyl (C=O) groups excluding carboxylic acids is 1. The highest BCUT2D eigenvalue weighted by Crippen LogP contribution is 2.33. The molecule has 1 atom stereocenters. The lowest BCUT2D eigenvalue weighted by Crippen LogP contribution is -2.42. The Morgan fingerprint density at radius 2 is 2.00 bits per heavy atom. The Kier molecular flexibility index (Phi) is 5.71. The molecule has 0 unspecified atom stereocenters. The van der Waals surface area contributed by atoms with Crippen LogP contribution >= 0.6 is 34.3 Å². The van der Waals surface area contributed by atoms with Crippen molar-refractivity contribution in [1.29, 1.82) is 0 Å². The number of benzene rings is 1. The maximum atomic E-state index is 13.1. The topological polar surface area (TPSA) is 79.4 Å². The highest BCUT2D eigenvalue weighted by atomic mass is 35.5. The normalized spacial score (nSPS) is 17.5. The zero-order valence-corrected chi connectivity index (χ0v) is 18.0. The van der Waals surface area contributed by atoms with Crippen LogP contribution in [0, 0.1) is 5.82 Å². The summed E-state index contributed by atoms with van der Waals surface area (Å²) in [5.74, 6) is -0.763. The van der Waals surface area contributed by atoms with E-state index < -0.39 is 22.0 Å². The van der Waals surface area contributed by atoms with Crippen LogP contribution in [0.15, 0.2) is 46.0 Å². The maximum absolute atomic E-state index is 13.1. The predicted octanol–water partition coefficient (Wildman–Crippen LogP) is 4.46. The highest BCUT2D eigenvalue weighted by molar-refractivity contribution is 7.91. The molecule has 1 aliphatic rings. The first kappa shape index (κ1) is 20.4. The lowest BCUT2D eigenvalue weighted by Gasteiger charge is -2.22. The number of hydrogen-bond acceptors (Lipinski definition) is 6. The quantitative estimate of drug-likeness (QED) is 0.596. The lowest BCUT2D eigenvalue weighted by atomic mass is 10.2. The van der Waals surface area contributed by atoms with Gasteiger partial charge in [0, 0.05) is 17.5 Å². The van der Waals surface area contributed by atoms with Crippen LogP contribution in [0.2, 0.25) is 4.34 Å². The number of sulfonamides is 1. The average molecular weight is 472 g/mol. The molecule has 0 saturated carbocycles. The number of rotatable bonds is 5. The summed E-state index contributed by atoms with van der Waals surface area (Å²) in [4.78, 5) is 17.1. The molecule has 11 heteroatoms. The standard InChI is InChI=1S/C18H15ClFN3O3S3/c19-15-7-8-16(28-15)29(25,26)23-9-1-2-14(23)17(24)22-18-21-13(10-27-18)11-3-5-12(20)6-4-11/h3-8,10,14H,1-2,9H2,(H,21,22,24)/t14-/m0/s1. The van der Waals surface area contributed by atoms with E-state index in [1.165, 1.54) is 39.9 Å². The number of anilines is 1. The molecule has 0 bridgehead atoms. The molecule has 1 N–H and O–H groups in total. The number of amides is 1. The Balaban J connectivity index is 1.50. The van der Waals surface area contributed by atoms with Gasteiger partial charge in [-0.2, -0.15) is 4.31 Å². The van der Waals surface area contributed by atoms with Gasteiger partial charge in [0.05, 0.1) is 10.0 Å². The van der Waals surface area contributed by atoms with Crippen LogP contribution in [0.1, 0.15) is 12.8 Å². The van der Waals surface area contributed by atoms with Crippen LogP contribution < -0.4 is 5.32 Å². The van der Waals surface area contributed by atoms with Crippen molar-refractivity contribution in [3.63, 3.8) is 0 Å². The predicted molar refractivity (Wildman–Crippen MR) is 112 cm³/mol. The monoisotopic (exact) mass is 471 g/mol. The van der Waals surface area contributed by atoms with Crippen LogP contribution in [0.4, 0.5) is 9.52 Å². The van der Waals surface area contributed by atoms with Gasteiger partial charge in [-0.3, -0.25) is 4.79 Å². The Bertz CT molecular complexity index is 1140. The lowest BCUT2D eigenvalue weighted by molar-refractivity contribution is -0.119. The van der Waals surface area contributed by atoms with Gasteiger partial charge in [-0.05, 0) is 49.2 Å². The van der Waals surface area contributed by atoms with Crippen molar-refractivity contribution in [3.05, 3.63) is 51.9 Å². The summed E-state index contributed by atoms with van der Waals surface area (Å²) < 4.78 is 40.6. The van der Waals surface area contributed by atoms with Gasteiger partial charge in [0.2, 0.25) is 5.91 Å². The molecule has 0 aliphatic carbocycles. The minimum Gasteiger partial charge on any atom is -0.301 e. The van der Waals surface area contributed by atoms with Crippen molar-refractivity contribution in [1.82, 2.24) is 9.29 Å². The first-order valence-corrected chi connectivity index (χ1v) is 12.2. The number of halogens is 2. The fourth-order valence-electron chi connectivity index (χ4n) is 3.11. The SMILES string of the molecule is O=C(Nc1nc(-c2ccc(F)cc2)cs1)[C@@H]1CCCN1S(=O)(=O)c1ccc(Cl)s1. The Labute approximate surface area is 180 Å². The Hall–Kier alpha value is -1.85. The summed E-state index contributed by atoms with van der Waals surface area (Å²) in [6, 6.07) is 8.05. The molecule has 6 nitrogen and oxygen atoms in total. The van der Waals surface area contributed by atoms with E-state index in [4.69, 9.17) is 11.6 Å². The second-order valence-corrected chi connectivity index (χ2v) is 11.1. The van der Waals surface area contributed by atoms with Gasteiger partial charge < -0.3 is 5.32 Å². The van der Waals surface area contributed by atoms with Gasteiger partial charge in [0.15, 0.2) is 5.13 Å². The highest BCUT2D eigenvalue weighted by Gasteiger charge is 2.40. The molecule has 1 aromatic carbocycles. The van der Waals surface area contributed by atoms with Gasteiger partial charge in [0.25, 0.3) is 10.0 Å². The van der Waals surface area contributed by atoms with Gasteiger partial charge >= 0.3 is 0 Å². The van der Waals surface area contributed by atoms with Crippen LogP contribution in [-0.2, 0) is 14.8 Å². The van der Waals surface area contributed by atoms with E-state index in [-0.39, 0.29) is 16.6 Å². The molecule has 29 heavy (non-hydrogen) atoms. The van der Waals surface area contributed by atoms with Crippen molar-refractivity contribution in [2.75, 3.05) is 11.9 Å². The van der Waals surface area contributed by atoms with Crippen molar-refractivity contribution in [2.45, 2.75) is 23.1 Å². The van der Waals surface area contributed by atoms with E-state index >= 15 is 0 Å². The van der Waals surface area contributed by atoms with E-state index in [1.807, 2.05) is 0 Å². The zero-order valence-electron chi connectivity index (χ0n) is 14.8. The molecule has 4 rings (SSSR count). The maximum Gasteiger partial charge on any atom is 0.253 e. The number of thiophene rings is 1. The van der Waals surface area contributed by atoms with E-state index in [0.29, 0.717) is 28.0 Å². The molecule has 1 fully saturated rings. The summed E-state index contributed by atoms with van der Waals surface area (Å²) in [5.41, 5.74) is 1.33. The number of carbonyl (C=O) groups is 1. The Morgan fingerprint density at radius 1 is 1.24 bits per heavy atom. The summed E-state index contributed by atoms with van der Waals surface area (Å²) in [7, 11) is -3.79. The Morgan fingerprint density at radius 3 is 2.69 bits per heavy atom. The summed E-state index contributed by atoms with van der Waals surface area (Å²) in [6.45, 7) is 0.272. The third kappa shape index (κ3) is 4.22. The van der Waals surface area contributed by atoms with Crippen LogP contribution in [0.25, 0.3) is 11.3 Å². The molecule has 3 heterocycles. The zero-order chi connectivity index (χ0) is 20.6. The third-order valence-corrected chi connectivity index (χ3v) is 8.86. The number of aromatic nitrogens is 1. The smallest absolute Gasteiger partial charge is 0.253 e. The van der Waals surface area contributed by atoms with Gasteiger partial charge in [-0.15, -0.1) is 22.7 Å². The molecule has 1 amide bonds. The number of thiazole rings is 1. The van der Waals surface area contributed by atoms with Crippen molar-refractivity contribution in [2.24, 2.45) is 0 Å². The van der Waals surface area contributed by atoms with E-state index in [0.717, 1.165) is 16.9 Å². The molecule has 3 aromatic rings. The average Bonchev–Trinajstić information content (AvgIpc) is 3.42. The van der Waals surface area contributed by atoms with E-state index in [2.05, 4.69) is 10.3 Å². The van der Waals surface area contributed by atoms with Crippen LogP contribution in [0.5, 0.6) is 0 Å². The molecule has 2 aromatic heterocycles. The molecular weight excluding hydrogens is 457 g/mol. The van der Waals surface area contributed by atoms with Gasteiger partial charge in [-0.25, -0.2) is 17.8 Å². The minimum absolute atomic E-state index is 0.120. The molecule has 152 valence electrons. The second-order valence-electron chi connectivity index (χ2n) is 6.37. The van der Waals surface area contributed by atoms with Crippen molar-refractivity contribution in [3.8, 4) is 11.3 Å². The summed E-state index contributed by atoms with van der Waals surface area (Å²) >= 11 is 8.06. The third-order valence-electron chi connectivity index (χ3n) is 4.49. The van der Waals surface area contributed by atoms with E-state index in [1.54, 1.807) is 17.5 Å². The molecule has 0 radical (unpaired) electrons. The fourth-order valence-corrected chi connectivity index (χ4v) is 7.11. The first-order chi connectivity index (χ1) is 13.8. The first-order valence-electron chi connectivity index (χ1n) is 8.64. The minimum atomic E-state index is -3.79. The number of hydrogen-bond donors (Lipinski definition) is 1. The van der Waals surface area contributed by atoms with Gasteiger partial charge in [0.1, 0.15) is 16.1 Å². The summed E-state index contributed by atoms with van der Waals surface area (Å²) in [5, 5.41) is 4.82. The fraction of sp³-hybridized carbons (Fsp3) is 0.222. The van der Waals surface area contributed by atoms with Crippen LogP contribution in [-0.4, -0.2) is 36.2 Å². The summed E-state index contributed by atoms with van der Waals surface area (Å²) in [6.07, 6.45) is 1.02. The van der Waals surface area contributed by atoms with E-state index in [9.17, 15) is 17.6 Å². The second kappa shape index (κ2) is 8.11. The molecular formula is C18H15ClFN3O3S3. The van der Waals surface area contributed by atoms with Crippen molar-refractivity contribution >= 4 is 55.3 Å². The molecule has 1 aliphatic heterocycles. The number of nitrogens with one attached hydrogen (secondary N) is 1. The van der Waals surface area contributed by atoms with Crippen molar-refractivity contribution < 1.29 is 17.6 Å². The molecule has 0 spiro atoms. The largest absolute Gasteiger partial charge is 0.301 e. The number of nitrogens with zero attached hydrogens (tertiary/aromatic N) is 2. The van der Waals surface area contributed by atoms with Crippen LogP contribution in [0.3, 0.4) is 0 Å². The van der Waals surface area contributed by atoms with Gasteiger partial charge in [-0.1, -0.05) is 11.6 Å².